The second-order valence-corrected chi connectivity index (χ2v) is 6.38. The molecule has 1 N–H and O–H groups in total. The Morgan fingerprint density at radius 1 is 1.14 bits per heavy atom. The molecule has 1 aromatic carbocycles. The zero-order chi connectivity index (χ0) is 14.8. The highest BCUT2D eigenvalue weighted by atomic mass is 32.1. The van der Waals surface area contributed by atoms with Crippen LogP contribution in [0, 0.1) is 0 Å². The van der Waals surface area contributed by atoms with Crippen LogP contribution in [0.25, 0.3) is 11.8 Å². The van der Waals surface area contributed by atoms with Gasteiger partial charge >= 0.3 is 0 Å². The van der Waals surface area contributed by atoms with E-state index in [-0.39, 0.29) is 5.91 Å². The Labute approximate surface area is 128 Å². The van der Waals surface area contributed by atoms with E-state index in [1.165, 1.54) is 5.56 Å². The molecule has 21 heavy (non-hydrogen) atoms. The lowest BCUT2D eigenvalue weighted by atomic mass is 10.0. The zero-order valence-electron chi connectivity index (χ0n) is 12.1. The summed E-state index contributed by atoms with van der Waals surface area (Å²) in [5, 5.41) is 4.95. The van der Waals surface area contributed by atoms with E-state index in [4.69, 9.17) is 0 Å². The average molecular weight is 295 g/mol. The van der Waals surface area contributed by atoms with Crippen LogP contribution in [0.3, 0.4) is 0 Å². The van der Waals surface area contributed by atoms with Crippen LogP contribution in [-0.2, 0) is 4.79 Å². The van der Waals surface area contributed by atoms with Crippen molar-refractivity contribution in [3.63, 3.8) is 0 Å². The third kappa shape index (κ3) is 2.98. The quantitative estimate of drug-likeness (QED) is 0.834. The molecule has 0 atom stereocenters. The maximum Gasteiger partial charge on any atom is 0.255 e. The molecule has 1 aliphatic rings. The van der Waals surface area contributed by atoms with E-state index in [0.717, 1.165) is 16.1 Å². The van der Waals surface area contributed by atoms with Crippen molar-refractivity contribution in [1.29, 1.82) is 0 Å². The fourth-order valence-corrected chi connectivity index (χ4v) is 2.95. The molecule has 2 aromatic rings. The molecular formula is C18H17NOS. The summed E-state index contributed by atoms with van der Waals surface area (Å²) in [4.78, 5) is 13.1. The number of carbonyl (C=O) groups is 1. The number of hydrogen-bond acceptors (Lipinski definition) is 2. The third-order valence-corrected chi connectivity index (χ3v) is 4.36. The first-order valence-corrected chi connectivity index (χ1v) is 7.90. The molecule has 1 aromatic heterocycles. The maximum atomic E-state index is 12.0. The van der Waals surface area contributed by atoms with Crippen molar-refractivity contribution >= 4 is 29.0 Å². The summed E-state index contributed by atoms with van der Waals surface area (Å²) in [7, 11) is 0. The van der Waals surface area contributed by atoms with Crippen LogP contribution in [0.2, 0.25) is 0 Å². The van der Waals surface area contributed by atoms with Gasteiger partial charge < -0.3 is 5.32 Å². The van der Waals surface area contributed by atoms with Gasteiger partial charge in [-0.2, -0.15) is 0 Å². The molecule has 0 fully saturated rings. The van der Waals surface area contributed by atoms with Crippen LogP contribution in [-0.4, -0.2) is 5.91 Å². The van der Waals surface area contributed by atoms with Crippen molar-refractivity contribution in [2.24, 2.45) is 0 Å². The van der Waals surface area contributed by atoms with Gasteiger partial charge in [-0.15, -0.1) is 11.3 Å². The Morgan fingerprint density at radius 2 is 1.90 bits per heavy atom. The lowest BCUT2D eigenvalue weighted by molar-refractivity contribution is -0.115. The molecule has 3 heteroatoms. The predicted molar refractivity (Wildman–Crippen MR) is 88.9 cm³/mol. The largest absolute Gasteiger partial charge is 0.321 e. The standard InChI is InChI=1S/C18H17NOS/c1-12(2)13-5-7-14(8-6-13)17-11-15(18(20)19-17)10-16-4-3-9-21-16/h3-12H,1-2H3,(H,19,20). The number of rotatable bonds is 3. The van der Waals surface area contributed by atoms with Crippen LogP contribution in [0.5, 0.6) is 0 Å². The van der Waals surface area contributed by atoms with Gasteiger partial charge in [-0.1, -0.05) is 44.2 Å². The second kappa shape index (κ2) is 5.70. The third-order valence-electron chi connectivity index (χ3n) is 3.54. The minimum atomic E-state index is -0.0358. The summed E-state index contributed by atoms with van der Waals surface area (Å²) >= 11 is 1.63. The molecule has 0 saturated heterocycles. The summed E-state index contributed by atoms with van der Waals surface area (Å²) in [6, 6.07) is 12.4. The summed E-state index contributed by atoms with van der Waals surface area (Å²) in [6.07, 6.45) is 3.85. The lowest BCUT2D eigenvalue weighted by Crippen LogP contribution is -2.15. The van der Waals surface area contributed by atoms with E-state index in [1.807, 2.05) is 29.7 Å². The van der Waals surface area contributed by atoms with Gasteiger partial charge in [0.25, 0.3) is 5.91 Å². The van der Waals surface area contributed by atoms with Crippen molar-refractivity contribution in [2.75, 3.05) is 0 Å². The molecule has 2 heterocycles. The normalized spacial score (nSPS) is 16.4. The monoisotopic (exact) mass is 295 g/mol. The first kappa shape index (κ1) is 13.8. The minimum Gasteiger partial charge on any atom is -0.321 e. The summed E-state index contributed by atoms with van der Waals surface area (Å²) < 4.78 is 0. The number of amides is 1. The van der Waals surface area contributed by atoms with E-state index in [9.17, 15) is 4.79 Å². The first-order chi connectivity index (χ1) is 10.1. The van der Waals surface area contributed by atoms with E-state index < -0.39 is 0 Å². The molecule has 0 unspecified atom stereocenters. The summed E-state index contributed by atoms with van der Waals surface area (Å²) in [5.74, 6) is 0.479. The molecule has 0 saturated carbocycles. The molecule has 106 valence electrons. The van der Waals surface area contributed by atoms with Crippen molar-refractivity contribution in [2.45, 2.75) is 19.8 Å². The van der Waals surface area contributed by atoms with Crippen LogP contribution in [0.15, 0.2) is 53.4 Å². The average Bonchev–Trinajstić information content (AvgIpc) is 3.10. The van der Waals surface area contributed by atoms with Crippen molar-refractivity contribution in [3.8, 4) is 0 Å². The molecule has 2 nitrogen and oxygen atoms in total. The lowest BCUT2D eigenvalue weighted by Gasteiger charge is -2.07. The van der Waals surface area contributed by atoms with E-state index in [1.54, 1.807) is 11.3 Å². The number of hydrogen-bond donors (Lipinski definition) is 1. The van der Waals surface area contributed by atoms with E-state index >= 15 is 0 Å². The molecule has 0 bridgehead atoms. The van der Waals surface area contributed by atoms with Gasteiger partial charge in [0.05, 0.1) is 0 Å². The highest BCUT2D eigenvalue weighted by molar-refractivity contribution is 7.10. The predicted octanol–water partition coefficient (Wildman–Crippen LogP) is 4.43. The Kier molecular flexibility index (Phi) is 3.76. The van der Waals surface area contributed by atoms with Crippen LogP contribution in [0.4, 0.5) is 0 Å². The van der Waals surface area contributed by atoms with Gasteiger partial charge in [-0.05, 0) is 40.6 Å². The molecule has 1 amide bonds. The first-order valence-electron chi connectivity index (χ1n) is 7.02. The molecule has 3 rings (SSSR count). The maximum absolute atomic E-state index is 12.0. The van der Waals surface area contributed by atoms with Gasteiger partial charge in [0.2, 0.25) is 0 Å². The Hall–Kier alpha value is -2.13. The molecule has 0 radical (unpaired) electrons. The minimum absolute atomic E-state index is 0.0358. The zero-order valence-corrected chi connectivity index (χ0v) is 12.9. The van der Waals surface area contributed by atoms with E-state index in [2.05, 4.69) is 43.4 Å². The molecule has 0 spiro atoms. The highest BCUT2D eigenvalue weighted by Gasteiger charge is 2.19. The second-order valence-electron chi connectivity index (χ2n) is 5.40. The Balaban J connectivity index is 1.88. The highest BCUT2D eigenvalue weighted by Crippen LogP contribution is 2.24. The van der Waals surface area contributed by atoms with Crippen LogP contribution in [0.1, 0.15) is 35.8 Å². The van der Waals surface area contributed by atoms with E-state index in [0.29, 0.717) is 11.5 Å². The summed E-state index contributed by atoms with van der Waals surface area (Å²) in [5.41, 5.74) is 3.93. The van der Waals surface area contributed by atoms with Gasteiger partial charge in [-0.25, -0.2) is 0 Å². The smallest absolute Gasteiger partial charge is 0.255 e. The van der Waals surface area contributed by atoms with Gasteiger partial charge in [0.15, 0.2) is 0 Å². The van der Waals surface area contributed by atoms with Crippen molar-refractivity contribution < 1.29 is 4.79 Å². The fourth-order valence-electron chi connectivity index (χ4n) is 2.29. The van der Waals surface area contributed by atoms with Gasteiger partial charge in [0.1, 0.15) is 0 Å². The van der Waals surface area contributed by atoms with Crippen LogP contribution < -0.4 is 5.32 Å². The van der Waals surface area contributed by atoms with Crippen molar-refractivity contribution in [3.05, 3.63) is 69.4 Å². The Morgan fingerprint density at radius 3 is 2.52 bits per heavy atom. The van der Waals surface area contributed by atoms with Crippen molar-refractivity contribution in [1.82, 2.24) is 5.32 Å². The SMILES string of the molecule is CC(C)c1ccc(C2=CC(=Cc3cccs3)C(=O)N2)cc1. The fraction of sp³-hybridized carbons (Fsp3) is 0.167. The number of benzene rings is 1. The molecule has 1 aliphatic heterocycles. The van der Waals surface area contributed by atoms with Crippen LogP contribution >= 0.6 is 11.3 Å². The van der Waals surface area contributed by atoms with Gasteiger partial charge in [0, 0.05) is 16.1 Å². The molecular weight excluding hydrogens is 278 g/mol. The number of carbonyl (C=O) groups excluding carboxylic acids is 1. The van der Waals surface area contributed by atoms with Gasteiger partial charge in [-0.3, -0.25) is 4.79 Å². The number of thiophene rings is 1. The topological polar surface area (TPSA) is 29.1 Å². The Bertz CT molecular complexity index is 706. The number of nitrogens with one attached hydrogen (secondary N) is 1. The molecule has 0 aliphatic carbocycles. The summed E-state index contributed by atoms with van der Waals surface area (Å²) in [6.45, 7) is 4.35.